The maximum Gasteiger partial charge on any atom is 0.228 e. The molecule has 3 aromatic rings. The van der Waals surface area contributed by atoms with E-state index >= 15 is 0 Å². The third-order valence-corrected chi connectivity index (χ3v) is 6.59. The van der Waals surface area contributed by atoms with Gasteiger partial charge in [0.25, 0.3) is 0 Å². The number of piperidine rings is 1. The summed E-state index contributed by atoms with van der Waals surface area (Å²) < 4.78 is 0. The molecule has 2 amide bonds. The van der Waals surface area contributed by atoms with Gasteiger partial charge in [-0.2, -0.15) is 0 Å². The highest BCUT2D eigenvalue weighted by Gasteiger charge is 2.43. The van der Waals surface area contributed by atoms with E-state index in [0.717, 1.165) is 40.7 Å². The molecule has 0 radical (unpaired) electrons. The minimum atomic E-state index is -0.659. The van der Waals surface area contributed by atoms with Crippen LogP contribution in [0, 0.1) is 12.3 Å². The largest absolute Gasteiger partial charge is 0.359 e. The lowest BCUT2D eigenvalue weighted by Gasteiger charge is -2.42. The van der Waals surface area contributed by atoms with Crippen LogP contribution in [0.1, 0.15) is 29.5 Å². The maximum atomic E-state index is 13.3. The van der Waals surface area contributed by atoms with Crippen LogP contribution in [0.3, 0.4) is 0 Å². The summed E-state index contributed by atoms with van der Waals surface area (Å²) >= 11 is 0. The molecule has 1 aromatic heterocycles. The van der Waals surface area contributed by atoms with Crippen LogP contribution >= 0.6 is 0 Å². The molecule has 1 aliphatic rings. The van der Waals surface area contributed by atoms with Gasteiger partial charge in [0.05, 0.1) is 11.8 Å². The van der Waals surface area contributed by atoms with Gasteiger partial charge in [0, 0.05) is 38.1 Å². The first-order valence-electron chi connectivity index (χ1n) is 11.5. The van der Waals surface area contributed by atoms with Crippen LogP contribution in [-0.2, 0) is 22.4 Å². The minimum Gasteiger partial charge on any atom is -0.359 e. The van der Waals surface area contributed by atoms with Crippen molar-refractivity contribution in [3.63, 3.8) is 0 Å². The van der Waals surface area contributed by atoms with Crippen molar-refractivity contribution in [2.45, 2.75) is 32.6 Å². The molecule has 0 unspecified atom stereocenters. The molecule has 2 aromatic carbocycles. The van der Waals surface area contributed by atoms with Gasteiger partial charge in [0.1, 0.15) is 0 Å². The molecular weight excluding hydrogens is 410 g/mol. The average molecular weight is 442 g/mol. The van der Waals surface area contributed by atoms with Crippen molar-refractivity contribution in [3.8, 4) is 11.1 Å². The van der Waals surface area contributed by atoms with E-state index in [1.165, 1.54) is 0 Å². The highest BCUT2D eigenvalue weighted by atomic mass is 16.2. The van der Waals surface area contributed by atoms with Crippen molar-refractivity contribution < 1.29 is 9.59 Å². The molecule has 1 fully saturated rings. The fourth-order valence-corrected chi connectivity index (χ4v) is 4.97. The smallest absolute Gasteiger partial charge is 0.228 e. The Hall–Kier alpha value is -3.47. The SMILES string of the molecule is CNC(=O)[C@]1(Cc2ccccc2-c2cccnc2)CCCN(C(=O)Cc2cccc(C)c2)C1. The fraction of sp³-hybridized carbons (Fsp3) is 0.321. The van der Waals surface area contributed by atoms with Crippen molar-refractivity contribution in [2.24, 2.45) is 5.41 Å². The first-order chi connectivity index (χ1) is 16.0. The zero-order valence-electron chi connectivity index (χ0n) is 19.4. The molecule has 170 valence electrons. The predicted molar refractivity (Wildman–Crippen MR) is 131 cm³/mol. The third kappa shape index (κ3) is 5.14. The third-order valence-electron chi connectivity index (χ3n) is 6.59. The Balaban J connectivity index is 1.60. The molecule has 0 spiro atoms. The summed E-state index contributed by atoms with van der Waals surface area (Å²) in [5.41, 5.74) is 4.71. The lowest BCUT2D eigenvalue weighted by atomic mass is 9.73. The summed E-state index contributed by atoms with van der Waals surface area (Å²) in [6.45, 7) is 3.15. The molecule has 5 nitrogen and oxygen atoms in total. The topological polar surface area (TPSA) is 62.3 Å². The summed E-state index contributed by atoms with van der Waals surface area (Å²) in [4.78, 5) is 32.6. The summed E-state index contributed by atoms with van der Waals surface area (Å²) in [6, 6.07) is 20.2. The Kier molecular flexibility index (Phi) is 6.87. The van der Waals surface area contributed by atoms with Gasteiger partial charge in [-0.15, -0.1) is 0 Å². The van der Waals surface area contributed by atoms with Crippen LogP contribution in [0.4, 0.5) is 0 Å². The number of likely N-dealkylation sites (tertiary alicyclic amines) is 1. The van der Waals surface area contributed by atoms with Crippen molar-refractivity contribution in [1.82, 2.24) is 15.2 Å². The number of carbonyl (C=O) groups is 2. The number of hydrogen-bond donors (Lipinski definition) is 1. The summed E-state index contributed by atoms with van der Waals surface area (Å²) in [5, 5.41) is 2.88. The Morgan fingerprint density at radius 1 is 1.09 bits per heavy atom. The summed E-state index contributed by atoms with van der Waals surface area (Å²) in [5.74, 6) is 0.0747. The molecular formula is C28H31N3O2. The second-order valence-corrected chi connectivity index (χ2v) is 9.02. The number of hydrogen-bond acceptors (Lipinski definition) is 3. The maximum absolute atomic E-state index is 13.3. The number of pyridine rings is 1. The summed E-state index contributed by atoms with van der Waals surface area (Å²) in [7, 11) is 1.69. The lowest BCUT2D eigenvalue weighted by Crippen LogP contribution is -2.54. The number of benzene rings is 2. The first kappa shape index (κ1) is 22.7. The number of aryl methyl sites for hydroxylation is 1. The zero-order valence-corrected chi connectivity index (χ0v) is 19.4. The van der Waals surface area contributed by atoms with Crippen LogP contribution in [0.2, 0.25) is 0 Å². The van der Waals surface area contributed by atoms with E-state index in [9.17, 15) is 9.59 Å². The van der Waals surface area contributed by atoms with Gasteiger partial charge in [-0.1, -0.05) is 60.2 Å². The Labute approximate surface area is 195 Å². The second-order valence-electron chi connectivity index (χ2n) is 9.02. The fourth-order valence-electron chi connectivity index (χ4n) is 4.97. The molecule has 5 heteroatoms. The van der Waals surface area contributed by atoms with E-state index in [2.05, 4.69) is 28.5 Å². The molecule has 1 aliphatic heterocycles. The van der Waals surface area contributed by atoms with E-state index in [0.29, 0.717) is 25.9 Å². The number of nitrogens with one attached hydrogen (secondary N) is 1. The van der Waals surface area contributed by atoms with Gasteiger partial charge in [-0.05, 0) is 48.9 Å². The van der Waals surface area contributed by atoms with Gasteiger partial charge in [0.15, 0.2) is 0 Å². The molecule has 0 saturated carbocycles. The van der Waals surface area contributed by atoms with Crippen molar-refractivity contribution in [3.05, 3.63) is 89.7 Å². The van der Waals surface area contributed by atoms with Crippen LogP contribution in [0.5, 0.6) is 0 Å². The van der Waals surface area contributed by atoms with E-state index < -0.39 is 5.41 Å². The molecule has 2 heterocycles. The standard InChI is InChI=1S/C28H31N3O2/c1-21-8-5-9-22(16-21)17-26(32)31-15-7-13-28(20-31,27(33)29-2)18-23-10-3-4-12-25(23)24-11-6-14-30-19-24/h3-6,8-12,14,16,19H,7,13,15,17-18,20H2,1-2H3,(H,29,33)/t28-/m0/s1. The monoisotopic (exact) mass is 441 g/mol. The molecule has 33 heavy (non-hydrogen) atoms. The normalized spacial score (nSPS) is 18.1. The first-order valence-corrected chi connectivity index (χ1v) is 11.5. The minimum absolute atomic E-state index is 0.00320. The highest BCUT2D eigenvalue weighted by Crippen LogP contribution is 2.37. The van der Waals surface area contributed by atoms with Crippen LogP contribution in [0.25, 0.3) is 11.1 Å². The molecule has 1 N–H and O–H groups in total. The zero-order chi connectivity index (χ0) is 23.3. The number of amides is 2. The van der Waals surface area contributed by atoms with E-state index in [4.69, 9.17) is 0 Å². The molecule has 1 atom stereocenters. The molecule has 0 bridgehead atoms. The van der Waals surface area contributed by atoms with Crippen molar-refractivity contribution >= 4 is 11.8 Å². The Morgan fingerprint density at radius 3 is 2.70 bits per heavy atom. The van der Waals surface area contributed by atoms with Crippen LogP contribution in [0.15, 0.2) is 73.1 Å². The average Bonchev–Trinajstić information content (AvgIpc) is 2.84. The van der Waals surface area contributed by atoms with Crippen LogP contribution < -0.4 is 5.32 Å². The second kappa shape index (κ2) is 9.99. The summed E-state index contributed by atoms with van der Waals surface area (Å²) in [6.07, 6.45) is 6.11. The number of carbonyl (C=O) groups excluding carboxylic acids is 2. The Bertz CT molecular complexity index is 1130. The Morgan fingerprint density at radius 2 is 1.94 bits per heavy atom. The number of nitrogens with zero attached hydrogens (tertiary/aromatic N) is 2. The lowest BCUT2D eigenvalue weighted by molar-refractivity contribution is -0.141. The quantitative estimate of drug-likeness (QED) is 0.624. The van der Waals surface area contributed by atoms with Gasteiger partial charge in [0.2, 0.25) is 11.8 Å². The van der Waals surface area contributed by atoms with Crippen molar-refractivity contribution in [1.29, 1.82) is 0 Å². The molecule has 4 rings (SSSR count). The van der Waals surface area contributed by atoms with Crippen LogP contribution in [-0.4, -0.2) is 41.8 Å². The van der Waals surface area contributed by atoms with Gasteiger partial charge < -0.3 is 10.2 Å². The number of aromatic nitrogens is 1. The van der Waals surface area contributed by atoms with Crippen molar-refractivity contribution in [2.75, 3.05) is 20.1 Å². The van der Waals surface area contributed by atoms with E-state index in [1.54, 1.807) is 13.2 Å². The van der Waals surface area contributed by atoms with Gasteiger partial charge in [-0.25, -0.2) is 0 Å². The number of rotatable bonds is 6. The van der Waals surface area contributed by atoms with E-state index in [1.807, 2.05) is 60.5 Å². The van der Waals surface area contributed by atoms with Gasteiger partial charge >= 0.3 is 0 Å². The molecule has 0 aliphatic carbocycles. The predicted octanol–water partition coefficient (Wildman–Crippen LogP) is 4.20. The van der Waals surface area contributed by atoms with E-state index in [-0.39, 0.29) is 11.8 Å². The molecule has 1 saturated heterocycles. The highest BCUT2D eigenvalue weighted by molar-refractivity contribution is 5.85. The van der Waals surface area contributed by atoms with Gasteiger partial charge in [-0.3, -0.25) is 14.6 Å².